The molecule has 5 nitrogen and oxygen atoms in total. The molecule has 0 radical (unpaired) electrons. The number of benzene rings is 1. The van der Waals surface area contributed by atoms with Gasteiger partial charge in [-0.1, -0.05) is 57.2 Å². The Morgan fingerprint density at radius 1 is 1.11 bits per heavy atom. The minimum atomic E-state index is -1.92. The van der Waals surface area contributed by atoms with E-state index in [1.165, 1.54) is 14.2 Å². The number of carbonyl (C=O) groups excluding carboxylic acids is 2. The summed E-state index contributed by atoms with van der Waals surface area (Å²) in [6.07, 6.45) is 3.43. The van der Waals surface area contributed by atoms with Gasteiger partial charge in [0.15, 0.2) is 8.32 Å². The van der Waals surface area contributed by atoms with Crippen LogP contribution in [0.1, 0.15) is 44.2 Å². The highest BCUT2D eigenvalue weighted by Crippen LogP contribution is 2.37. The fraction of sp³-hybridized carbons (Fsp3) is 0.524. The first-order chi connectivity index (χ1) is 12.5. The molecule has 0 aliphatic heterocycles. The largest absolute Gasteiger partial charge is 0.469 e. The van der Waals surface area contributed by atoms with E-state index in [4.69, 9.17) is 9.16 Å². The van der Waals surface area contributed by atoms with Crippen LogP contribution in [0.25, 0.3) is 0 Å². The van der Waals surface area contributed by atoms with Crippen molar-refractivity contribution >= 4 is 20.3 Å². The van der Waals surface area contributed by atoms with Crippen molar-refractivity contribution in [1.82, 2.24) is 0 Å². The van der Waals surface area contributed by atoms with E-state index in [9.17, 15) is 9.59 Å². The summed E-state index contributed by atoms with van der Waals surface area (Å²) in [5, 5.41) is 0.101. The Morgan fingerprint density at radius 3 is 2.30 bits per heavy atom. The summed E-state index contributed by atoms with van der Waals surface area (Å²) in [7, 11) is 0.773. The second-order valence-electron chi connectivity index (χ2n) is 7.96. The number of hydrogen-bond donors (Lipinski definition) is 0. The van der Waals surface area contributed by atoms with Crippen LogP contribution in [-0.4, -0.2) is 34.5 Å². The van der Waals surface area contributed by atoms with Crippen LogP contribution in [0.5, 0.6) is 0 Å². The van der Waals surface area contributed by atoms with Gasteiger partial charge in [-0.2, -0.15) is 0 Å². The quantitative estimate of drug-likeness (QED) is 0.368. The summed E-state index contributed by atoms with van der Waals surface area (Å²) in [5.41, 5.74) is 1.77. The van der Waals surface area contributed by atoms with Crippen molar-refractivity contribution in [3.05, 3.63) is 47.5 Å². The summed E-state index contributed by atoms with van der Waals surface area (Å²) in [5.74, 6) is -1.33. The maximum atomic E-state index is 12.3. The third kappa shape index (κ3) is 6.63. The lowest BCUT2D eigenvalue weighted by Gasteiger charge is -2.36. The monoisotopic (exact) mass is 392 g/mol. The van der Waals surface area contributed by atoms with E-state index < -0.39 is 14.2 Å². The maximum absolute atomic E-state index is 12.3. The van der Waals surface area contributed by atoms with Crippen molar-refractivity contribution in [3.63, 3.8) is 0 Å². The van der Waals surface area contributed by atoms with Crippen LogP contribution >= 0.6 is 0 Å². The lowest BCUT2D eigenvalue weighted by Crippen LogP contribution is -2.40. The molecule has 0 aliphatic carbocycles. The van der Waals surface area contributed by atoms with Gasteiger partial charge >= 0.3 is 11.9 Å². The normalized spacial score (nSPS) is 13.4. The predicted molar refractivity (Wildman–Crippen MR) is 109 cm³/mol. The number of ether oxygens (including phenoxy) is 2. The first kappa shape index (κ1) is 23.1. The Labute approximate surface area is 163 Å². The van der Waals surface area contributed by atoms with Crippen molar-refractivity contribution < 1.29 is 23.5 Å². The molecule has 6 heteroatoms. The Hall–Kier alpha value is -1.92. The molecular weight excluding hydrogens is 360 g/mol. The van der Waals surface area contributed by atoms with Crippen LogP contribution in [0.15, 0.2) is 36.4 Å². The Bertz CT molecular complexity index is 673. The fourth-order valence-electron chi connectivity index (χ4n) is 2.26. The van der Waals surface area contributed by atoms with Gasteiger partial charge in [-0.05, 0) is 29.3 Å². The zero-order valence-electron chi connectivity index (χ0n) is 17.5. The van der Waals surface area contributed by atoms with Gasteiger partial charge in [0, 0.05) is 0 Å². The number of rotatable bonds is 8. The van der Waals surface area contributed by atoms with E-state index in [0.717, 1.165) is 11.1 Å². The first-order valence-corrected chi connectivity index (χ1v) is 12.0. The van der Waals surface area contributed by atoms with Crippen LogP contribution in [0.2, 0.25) is 18.1 Å². The fourth-order valence-corrected chi connectivity index (χ4v) is 3.21. The molecule has 0 saturated heterocycles. The van der Waals surface area contributed by atoms with Crippen LogP contribution in [-0.2, 0) is 30.1 Å². The molecular formula is C21H32O5Si. The molecule has 0 amide bonds. The average molecular weight is 393 g/mol. The number of hydrogen-bond acceptors (Lipinski definition) is 5. The molecule has 0 N–H and O–H groups in total. The summed E-state index contributed by atoms with van der Waals surface area (Å²) < 4.78 is 15.9. The number of methoxy groups -OCH3 is 2. The molecule has 150 valence electrons. The molecule has 27 heavy (non-hydrogen) atoms. The van der Waals surface area contributed by atoms with Crippen LogP contribution < -0.4 is 0 Å². The summed E-state index contributed by atoms with van der Waals surface area (Å²) in [6.45, 7) is 11.4. The molecule has 0 aromatic heterocycles. The smallest absolute Gasteiger partial charge is 0.317 e. The third-order valence-corrected chi connectivity index (χ3v) is 9.56. The second-order valence-corrected chi connectivity index (χ2v) is 12.8. The zero-order chi connectivity index (χ0) is 20.7. The molecule has 1 unspecified atom stereocenters. The third-order valence-electron chi connectivity index (χ3n) is 5.08. The molecule has 0 spiro atoms. The van der Waals surface area contributed by atoms with Crippen LogP contribution in [0.3, 0.4) is 0 Å². The van der Waals surface area contributed by atoms with E-state index in [-0.39, 0.29) is 23.4 Å². The zero-order valence-corrected chi connectivity index (χ0v) is 18.5. The molecule has 1 aromatic carbocycles. The van der Waals surface area contributed by atoms with Crippen molar-refractivity contribution in [2.24, 2.45) is 0 Å². The molecule has 0 bridgehead atoms. The Kier molecular flexibility index (Phi) is 8.43. The van der Waals surface area contributed by atoms with Crippen LogP contribution in [0, 0.1) is 0 Å². The van der Waals surface area contributed by atoms with Gasteiger partial charge in [-0.3, -0.25) is 9.59 Å². The van der Waals surface area contributed by atoms with Gasteiger partial charge in [0.25, 0.3) is 0 Å². The van der Waals surface area contributed by atoms with Crippen molar-refractivity contribution in [3.8, 4) is 0 Å². The van der Waals surface area contributed by atoms with Crippen molar-refractivity contribution in [2.75, 3.05) is 14.2 Å². The highest BCUT2D eigenvalue weighted by Gasteiger charge is 2.37. The SMILES string of the molecule is COC(=O)C/C=C\C(C(=O)OC)c1ccccc1CO[Si](C)(C)C(C)(C)C. The molecule has 1 rings (SSSR count). The van der Waals surface area contributed by atoms with E-state index in [1.54, 1.807) is 12.2 Å². The first-order valence-electron chi connectivity index (χ1n) is 9.06. The van der Waals surface area contributed by atoms with Crippen molar-refractivity contribution in [2.45, 2.75) is 57.8 Å². The maximum Gasteiger partial charge on any atom is 0.317 e. The van der Waals surface area contributed by atoms with Gasteiger partial charge in [0.1, 0.15) is 5.92 Å². The Morgan fingerprint density at radius 2 is 1.74 bits per heavy atom. The van der Waals surface area contributed by atoms with Gasteiger partial charge in [0.2, 0.25) is 0 Å². The minimum absolute atomic E-state index is 0.101. The molecule has 1 atom stereocenters. The number of esters is 2. The molecule has 0 saturated carbocycles. The topological polar surface area (TPSA) is 61.8 Å². The van der Waals surface area contributed by atoms with Crippen molar-refractivity contribution in [1.29, 1.82) is 0 Å². The second kappa shape index (κ2) is 9.85. The predicted octanol–water partition coefficient (Wildman–Crippen LogP) is 4.58. The van der Waals surface area contributed by atoms with E-state index in [2.05, 4.69) is 38.6 Å². The minimum Gasteiger partial charge on any atom is -0.469 e. The lowest BCUT2D eigenvalue weighted by molar-refractivity contribution is -0.141. The van der Waals surface area contributed by atoms with E-state index >= 15 is 0 Å². The summed E-state index contributed by atoms with van der Waals surface area (Å²) in [6, 6.07) is 7.68. The van der Waals surface area contributed by atoms with Gasteiger partial charge in [-0.15, -0.1) is 0 Å². The average Bonchev–Trinajstić information content (AvgIpc) is 2.62. The lowest BCUT2D eigenvalue weighted by atomic mass is 9.94. The van der Waals surface area contributed by atoms with Crippen LogP contribution in [0.4, 0.5) is 0 Å². The van der Waals surface area contributed by atoms with Gasteiger partial charge in [-0.25, -0.2) is 0 Å². The Balaban J connectivity index is 3.10. The molecule has 0 fully saturated rings. The summed E-state index contributed by atoms with van der Waals surface area (Å²) in [4.78, 5) is 23.7. The highest BCUT2D eigenvalue weighted by atomic mass is 28.4. The molecule has 0 heterocycles. The van der Waals surface area contributed by atoms with E-state index in [0.29, 0.717) is 6.61 Å². The highest BCUT2D eigenvalue weighted by molar-refractivity contribution is 6.74. The number of carbonyl (C=O) groups is 2. The molecule has 0 aliphatic rings. The standard InChI is InChI=1S/C21H32O5Si/c1-21(2,3)27(6,7)26-15-16-11-8-9-12-17(16)18(20(23)25-5)13-10-14-19(22)24-4/h8-13,18H,14-15H2,1-7H3/b13-10-. The summed E-state index contributed by atoms with van der Waals surface area (Å²) >= 11 is 0. The van der Waals surface area contributed by atoms with Gasteiger partial charge in [0.05, 0.1) is 27.2 Å². The van der Waals surface area contributed by atoms with E-state index in [1.807, 2.05) is 24.3 Å². The van der Waals surface area contributed by atoms with Gasteiger partial charge < -0.3 is 13.9 Å². The molecule has 1 aromatic rings.